The molecule has 4 aliphatic heterocycles. The smallest absolute Gasteiger partial charge is 0.0124 e. The summed E-state index contributed by atoms with van der Waals surface area (Å²) in [5.74, 6) is 0. The van der Waals surface area contributed by atoms with Gasteiger partial charge in [0.05, 0.1) is 0 Å². The minimum Gasteiger partial charge on any atom is -0.518 e. The predicted molar refractivity (Wildman–Crippen MR) is 289 cm³/mol. The number of benzene rings is 7. The van der Waals surface area contributed by atoms with E-state index >= 15 is 0 Å². The normalized spacial score (nSPS) is 15.0. The first kappa shape index (κ1) is 48.5. The second-order valence-corrected chi connectivity index (χ2v) is 18.3. The molecule has 8 aromatic rings. The van der Waals surface area contributed by atoms with Gasteiger partial charge in [0.15, 0.2) is 0 Å². The summed E-state index contributed by atoms with van der Waals surface area (Å²) in [6.07, 6.45) is 16.7. The van der Waals surface area contributed by atoms with Crippen LogP contribution in [0.1, 0.15) is 22.3 Å². The Morgan fingerprint density at radius 1 is 0.347 bits per heavy atom. The first-order valence-corrected chi connectivity index (χ1v) is 23.4. The largest absolute Gasteiger partial charge is 0.518 e. The van der Waals surface area contributed by atoms with Gasteiger partial charge >= 0.3 is 0 Å². The van der Waals surface area contributed by atoms with Crippen LogP contribution in [0.25, 0.3) is 27.5 Å². The molecule has 0 N–H and O–H groups in total. The second-order valence-electron chi connectivity index (χ2n) is 18.3. The molecule has 12 heteroatoms. The quantitative estimate of drug-likeness (QED) is 0.0983. The van der Waals surface area contributed by atoms with Crippen molar-refractivity contribution in [3.63, 3.8) is 0 Å². The molecule has 10 nitrogen and oxygen atoms in total. The maximum absolute atomic E-state index is 3.94. The third-order valence-corrected chi connectivity index (χ3v) is 13.1. The van der Waals surface area contributed by atoms with Crippen LogP contribution in [-0.2, 0) is 40.8 Å². The van der Waals surface area contributed by atoms with E-state index in [-0.39, 0.29) is 40.8 Å². The van der Waals surface area contributed by atoms with E-state index in [1.165, 1.54) is 22.3 Å². The van der Waals surface area contributed by atoms with Crippen LogP contribution in [-0.4, -0.2) is 18.7 Å². The van der Waals surface area contributed by atoms with Crippen molar-refractivity contribution in [2.75, 3.05) is 58.2 Å². The van der Waals surface area contributed by atoms with E-state index in [4.69, 9.17) is 0 Å². The van der Waals surface area contributed by atoms with Crippen molar-refractivity contribution in [3.05, 3.63) is 244 Å². The molecule has 0 unspecified atom stereocenters. The average molecular weight is 1120 g/mol. The molecular formula is C60H50N10Pd2-8. The molecule has 0 saturated carbocycles. The molecule has 5 heterocycles. The van der Waals surface area contributed by atoms with E-state index in [0.717, 1.165) is 73.0 Å². The van der Waals surface area contributed by atoms with Crippen LogP contribution in [0.4, 0.5) is 51.2 Å². The summed E-state index contributed by atoms with van der Waals surface area (Å²) in [5, 5.41) is 2.08. The van der Waals surface area contributed by atoms with Gasteiger partial charge in [-0.1, -0.05) is 81.8 Å². The first-order valence-electron chi connectivity index (χ1n) is 23.4. The van der Waals surface area contributed by atoms with Gasteiger partial charge in [0.2, 0.25) is 0 Å². The van der Waals surface area contributed by atoms with Gasteiger partial charge in [-0.15, -0.1) is 50.2 Å². The molecule has 72 heavy (non-hydrogen) atoms. The molecule has 0 aliphatic carbocycles. The Morgan fingerprint density at radius 3 is 0.958 bits per heavy atom. The van der Waals surface area contributed by atoms with Crippen molar-refractivity contribution < 1.29 is 40.8 Å². The van der Waals surface area contributed by atoms with Crippen LogP contribution < -0.4 is 44.1 Å². The van der Waals surface area contributed by atoms with Crippen molar-refractivity contribution in [3.8, 4) is 5.69 Å². The van der Waals surface area contributed by atoms with Gasteiger partial charge in [-0.2, -0.15) is 40.7 Å². The van der Waals surface area contributed by atoms with E-state index in [1.807, 2.05) is 0 Å². The summed E-state index contributed by atoms with van der Waals surface area (Å²) in [6.45, 7) is 16.9. The number of fused-ring (bicyclic) bond motifs is 3. The molecule has 0 saturated heterocycles. The third-order valence-electron chi connectivity index (χ3n) is 13.1. The van der Waals surface area contributed by atoms with Crippen LogP contribution in [0, 0.1) is 78.6 Å². The van der Waals surface area contributed by atoms with Gasteiger partial charge in [0, 0.05) is 63.6 Å². The monoisotopic (exact) mass is 1120 g/mol. The Balaban J connectivity index is 0.00000298. The van der Waals surface area contributed by atoms with Crippen molar-refractivity contribution in [2.45, 2.75) is 27.7 Å². The second kappa shape index (κ2) is 19.8. The van der Waals surface area contributed by atoms with E-state index in [1.54, 1.807) is 0 Å². The SMILES string of the molecule is Cc1ccc(N2C=CN(c3[c-]c4c(cc3)c3ccc(N5C=CN(c6ccc(C)cc6)[CH-]5)[c-]c3n4-c3[c-]c(N4C=CN(c5ccc(C)cc5)[CH-]4)c(N(C)C)c(N4C=CN(c5ccc(C)cc5)[CH-]4)[c-]3)[CH-]2)cc1.[Pd].[Pd]. The molecule has 4 aliphatic rings. The summed E-state index contributed by atoms with van der Waals surface area (Å²) in [7, 11) is 4.17. The summed E-state index contributed by atoms with van der Waals surface area (Å²) >= 11 is 0. The minimum atomic E-state index is 0. The number of anilines is 9. The topological polar surface area (TPSA) is 34.1 Å². The molecule has 0 radical (unpaired) electrons. The maximum Gasteiger partial charge on any atom is 0.0124 e. The van der Waals surface area contributed by atoms with Crippen molar-refractivity contribution >= 4 is 73.0 Å². The number of aromatic nitrogens is 1. The summed E-state index contributed by atoms with van der Waals surface area (Å²) in [4.78, 5) is 19.2. The van der Waals surface area contributed by atoms with Crippen LogP contribution >= 0.6 is 0 Å². The van der Waals surface area contributed by atoms with Gasteiger partial charge in [0.25, 0.3) is 0 Å². The Kier molecular flexibility index (Phi) is 13.3. The Morgan fingerprint density at radius 2 is 0.639 bits per heavy atom. The van der Waals surface area contributed by atoms with E-state index in [2.05, 4.69) is 312 Å². The number of hydrogen-bond donors (Lipinski definition) is 0. The molecular weight excluding hydrogens is 1070 g/mol. The zero-order chi connectivity index (χ0) is 47.6. The van der Waals surface area contributed by atoms with Crippen LogP contribution in [0.5, 0.6) is 0 Å². The van der Waals surface area contributed by atoms with Gasteiger partial charge in [-0.25, -0.2) is 17.1 Å². The number of aryl methyl sites for hydroxylation is 4. The Hall–Kier alpha value is -7.18. The van der Waals surface area contributed by atoms with Crippen LogP contribution in [0.3, 0.4) is 0 Å². The fraction of sp³-hybridized carbons (Fsp3) is 0.100. The first-order chi connectivity index (χ1) is 34.1. The molecule has 0 fully saturated rings. The summed E-state index contributed by atoms with van der Waals surface area (Å²) in [6, 6.07) is 58.6. The summed E-state index contributed by atoms with van der Waals surface area (Å²) in [5.41, 5.74) is 16.1. The van der Waals surface area contributed by atoms with Crippen molar-refractivity contribution in [1.29, 1.82) is 0 Å². The van der Waals surface area contributed by atoms with Gasteiger partial charge in [-0.05, 0) is 140 Å². The average Bonchev–Trinajstić information content (AvgIpc) is 4.25. The van der Waals surface area contributed by atoms with E-state index in [0.29, 0.717) is 5.69 Å². The third kappa shape index (κ3) is 9.06. The molecule has 12 rings (SSSR count). The molecule has 0 amide bonds. The van der Waals surface area contributed by atoms with Gasteiger partial charge < -0.3 is 60.8 Å². The van der Waals surface area contributed by atoms with Crippen LogP contribution in [0.15, 0.2) is 171 Å². The molecule has 0 spiro atoms. The molecule has 0 bridgehead atoms. The molecule has 368 valence electrons. The zero-order valence-corrected chi connectivity index (χ0v) is 43.7. The number of rotatable bonds is 10. The standard InChI is InChI=1S/C60H50N10.2Pd/c1-43-7-15-47(16-8-43)62-27-29-66(39-62)51-23-25-54-55-26-24-52(67-30-28-63(40-67)48-17-9-44(2)10-18-48)36-57(55)70(56(54)35-51)53-37-58(68-33-31-64(41-68)49-19-11-45(3)12-20-49)60(61(5)6)59(38-53)69-34-32-65(42-69)50-21-13-46(4)14-22-50;;/h7-34,39-42H,1-6H3;;/q-8;;. The van der Waals surface area contributed by atoms with E-state index < -0.39 is 0 Å². The fourth-order valence-electron chi connectivity index (χ4n) is 9.21. The Bertz CT molecular complexity index is 3180. The zero-order valence-electron chi connectivity index (χ0n) is 40.6. The van der Waals surface area contributed by atoms with Crippen molar-refractivity contribution in [1.82, 2.24) is 4.57 Å². The van der Waals surface area contributed by atoms with Gasteiger partial charge in [0.1, 0.15) is 0 Å². The Labute approximate surface area is 451 Å². The molecule has 0 atom stereocenters. The minimum absolute atomic E-state index is 0. The molecule has 1 aromatic heterocycles. The van der Waals surface area contributed by atoms with Crippen molar-refractivity contribution in [2.24, 2.45) is 0 Å². The predicted octanol–water partition coefficient (Wildman–Crippen LogP) is 12.9. The number of hydrogen-bond acceptors (Lipinski definition) is 9. The number of nitrogens with zero attached hydrogens (tertiary/aromatic N) is 10. The fourth-order valence-corrected chi connectivity index (χ4v) is 9.21. The van der Waals surface area contributed by atoms with E-state index in [9.17, 15) is 0 Å². The van der Waals surface area contributed by atoms with Crippen LogP contribution in [0.2, 0.25) is 0 Å². The van der Waals surface area contributed by atoms with Gasteiger partial charge in [-0.3, -0.25) is 0 Å². The molecule has 7 aromatic carbocycles. The summed E-state index contributed by atoms with van der Waals surface area (Å²) < 4.78 is 2.23. The maximum atomic E-state index is 3.94.